The van der Waals surface area contributed by atoms with Gasteiger partial charge in [-0.3, -0.25) is 9.59 Å². The minimum atomic E-state index is -0.677. The van der Waals surface area contributed by atoms with E-state index >= 15 is 0 Å². The van der Waals surface area contributed by atoms with Gasteiger partial charge in [-0.2, -0.15) is 0 Å². The molecule has 0 saturated heterocycles. The number of hydrogen-bond acceptors (Lipinski definition) is 4. The van der Waals surface area contributed by atoms with Crippen molar-refractivity contribution in [1.29, 1.82) is 0 Å². The number of aryl methyl sites for hydroxylation is 1. The van der Waals surface area contributed by atoms with Gasteiger partial charge in [0.15, 0.2) is 0 Å². The van der Waals surface area contributed by atoms with Gasteiger partial charge < -0.3 is 15.5 Å². The van der Waals surface area contributed by atoms with Crippen molar-refractivity contribution in [3.05, 3.63) is 35.4 Å². The maximum Gasteiger partial charge on any atom is 0.264 e. The summed E-state index contributed by atoms with van der Waals surface area (Å²) in [7, 11) is 0. The largest absolute Gasteiger partial charge is 0.382 e. The van der Waals surface area contributed by atoms with Crippen molar-refractivity contribution in [2.75, 3.05) is 13.1 Å². The summed E-state index contributed by atoms with van der Waals surface area (Å²) in [6.45, 7) is 6.57. The third kappa shape index (κ3) is 5.09. The van der Waals surface area contributed by atoms with E-state index in [1.807, 2.05) is 45.0 Å². The number of carbonyl (C=O) groups is 2. The zero-order chi connectivity index (χ0) is 16.8. The van der Waals surface area contributed by atoms with Gasteiger partial charge in [-0.15, -0.1) is 0 Å². The lowest BCUT2D eigenvalue weighted by atomic mass is 10.0. The molecular formula is C17H23N3O3. The molecule has 0 fully saturated rings. The predicted molar refractivity (Wildman–Crippen MR) is 88.1 cm³/mol. The number of hydrogen-bond donors (Lipinski definition) is 2. The fraction of sp³-hybridized carbons (Fsp3) is 0.471. The zero-order valence-electron chi connectivity index (χ0n) is 13.8. The first-order valence-electron chi connectivity index (χ1n) is 7.80. The lowest BCUT2D eigenvalue weighted by Gasteiger charge is -2.11. The molecule has 2 rings (SSSR count). The molecule has 0 aliphatic carbocycles. The second-order valence-electron chi connectivity index (χ2n) is 6.12. The SMILES string of the molecule is Cc1ccc(C2=NOC(C(=O)NCC(=O)NCC(C)C)C2)cc1. The Balaban J connectivity index is 1.77. The van der Waals surface area contributed by atoms with Crippen molar-refractivity contribution in [3.63, 3.8) is 0 Å². The molecule has 0 aromatic heterocycles. The Morgan fingerprint density at radius 2 is 1.96 bits per heavy atom. The number of amides is 2. The molecule has 2 amide bonds. The van der Waals surface area contributed by atoms with E-state index in [-0.39, 0.29) is 18.4 Å². The van der Waals surface area contributed by atoms with Crippen LogP contribution in [-0.2, 0) is 14.4 Å². The van der Waals surface area contributed by atoms with Gasteiger partial charge in [0.2, 0.25) is 12.0 Å². The second kappa shape index (κ2) is 7.76. The quantitative estimate of drug-likeness (QED) is 0.832. The lowest BCUT2D eigenvalue weighted by molar-refractivity contribution is -0.133. The van der Waals surface area contributed by atoms with Crippen LogP contribution < -0.4 is 10.6 Å². The summed E-state index contributed by atoms with van der Waals surface area (Å²) in [5.74, 6) is -0.154. The Morgan fingerprint density at radius 1 is 1.26 bits per heavy atom. The van der Waals surface area contributed by atoms with Crippen molar-refractivity contribution in [1.82, 2.24) is 10.6 Å². The highest BCUT2D eigenvalue weighted by atomic mass is 16.6. The van der Waals surface area contributed by atoms with E-state index in [0.717, 1.165) is 16.8 Å². The number of nitrogens with zero attached hydrogens (tertiary/aromatic N) is 1. The van der Waals surface area contributed by atoms with Gasteiger partial charge in [-0.1, -0.05) is 48.8 Å². The molecule has 2 N–H and O–H groups in total. The number of oxime groups is 1. The van der Waals surface area contributed by atoms with Crippen LogP contribution >= 0.6 is 0 Å². The minimum Gasteiger partial charge on any atom is -0.382 e. The van der Waals surface area contributed by atoms with Crippen molar-refractivity contribution in [2.24, 2.45) is 11.1 Å². The number of rotatable bonds is 6. The van der Waals surface area contributed by atoms with E-state index in [1.54, 1.807) is 0 Å². The third-order valence-electron chi connectivity index (χ3n) is 3.48. The van der Waals surface area contributed by atoms with Gasteiger partial charge in [0.25, 0.3) is 5.91 Å². The van der Waals surface area contributed by atoms with Crippen molar-refractivity contribution < 1.29 is 14.4 Å². The molecule has 1 aromatic carbocycles. The molecule has 124 valence electrons. The Bertz CT molecular complexity index is 594. The van der Waals surface area contributed by atoms with Gasteiger partial charge in [0.1, 0.15) is 0 Å². The molecule has 0 radical (unpaired) electrons. The highest BCUT2D eigenvalue weighted by molar-refractivity contribution is 6.04. The standard InChI is InChI=1S/C17H23N3O3/c1-11(2)9-18-16(21)10-19-17(22)15-8-14(20-23-15)13-6-4-12(3)5-7-13/h4-7,11,15H,8-10H2,1-3H3,(H,18,21)(H,19,22). The summed E-state index contributed by atoms with van der Waals surface area (Å²) in [6.07, 6.45) is -0.271. The summed E-state index contributed by atoms with van der Waals surface area (Å²) < 4.78 is 0. The van der Waals surface area contributed by atoms with Gasteiger partial charge in [-0.25, -0.2) is 0 Å². The molecule has 23 heavy (non-hydrogen) atoms. The lowest BCUT2D eigenvalue weighted by Crippen LogP contribution is -2.42. The first-order chi connectivity index (χ1) is 11.0. The van der Waals surface area contributed by atoms with Crippen LogP contribution in [0.4, 0.5) is 0 Å². The molecule has 1 aromatic rings. The van der Waals surface area contributed by atoms with Crippen LogP contribution in [0.15, 0.2) is 29.4 Å². The molecule has 1 atom stereocenters. The van der Waals surface area contributed by atoms with E-state index in [1.165, 1.54) is 0 Å². The highest BCUT2D eigenvalue weighted by Gasteiger charge is 2.28. The number of benzene rings is 1. The van der Waals surface area contributed by atoms with Crippen LogP contribution in [0.2, 0.25) is 0 Å². The van der Waals surface area contributed by atoms with Crippen LogP contribution in [0, 0.1) is 12.8 Å². The van der Waals surface area contributed by atoms with Gasteiger partial charge in [0, 0.05) is 13.0 Å². The Labute approximate surface area is 136 Å². The van der Waals surface area contributed by atoms with Crippen LogP contribution in [0.3, 0.4) is 0 Å². The van der Waals surface area contributed by atoms with Crippen LogP contribution in [0.5, 0.6) is 0 Å². The van der Waals surface area contributed by atoms with Crippen molar-refractivity contribution in [3.8, 4) is 0 Å². The predicted octanol–water partition coefficient (Wildman–Crippen LogP) is 1.38. The smallest absolute Gasteiger partial charge is 0.264 e. The van der Waals surface area contributed by atoms with E-state index in [9.17, 15) is 9.59 Å². The number of carbonyl (C=O) groups excluding carboxylic acids is 2. The average molecular weight is 317 g/mol. The summed E-state index contributed by atoms with van der Waals surface area (Å²) >= 11 is 0. The maximum absolute atomic E-state index is 12.0. The monoisotopic (exact) mass is 317 g/mol. The van der Waals surface area contributed by atoms with Crippen LogP contribution in [0.25, 0.3) is 0 Å². The first kappa shape index (κ1) is 17.0. The average Bonchev–Trinajstić information content (AvgIpc) is 3.01. The fourth-order valence-electron chi connectivity index (χ4n) is 2.10. The van der Waals surface area contributed by atoms with Gasteiger partial charge in [-0.05, 0) is 18.4 Å². The first-order valence-corrected chi connectivity index (χ1v) is 7.80. The van der Waals surface area contributed by atoms with Gasteiger partial charge >= 0.3 is 0 Å². The summed E-state index contributed by atoms with van der Waals surface area (Å²) in [5.41, 5.74) is 2.85. The fourth-order valence-corrected chi connectivity index (χ4v) is 2.10. The van der Waals surface area contributed by atoms with Gasteiger partial charge in [0.05, 0.1) is 12.3 Å². The Kier molecular flexibility index (Phi) is 5.73. The summed E-state index contributed by atoms with van der Waals surface area (Å²) in [4.78, 5) is 28.8. The molecule has 1 aliphatic rings. The molecular weight excluding hydrogens is 294 g/mol. The summed E-state index contributed by atoms with van der Waals surface area (Å²) in [5, 5.41) is 9.30. The zero-order valence-corrected chi connectivity index (χ0v) is 13.8. The van der Waals surface area contributed by atoms with E-state index in [4.69, 9.17) is 4.84 Å². The maximum atomic E-state index is 12.0. The Morgan fingerprint density at radius 3 is 2.61 bits per heavy atom. The normalized spacial score (nSPS) is 16.7. The Hall–Kier alpha value is -2.37. The molecule has 0 bridgehead atoms. The molecule has 1 aliphatic heterocycles. The second-order valence-corrected chi connectivity index (χ2v) is 6.12. The molecule has 0 spiro atoms. The number of nitrogens with one attached hydrogen (secondary N) is 2. The topological polar surface area (TPSA) is 79.8 Å². The van der Waals surface area contributed by atoms with E-state index in [2.05, 4.69) is 15.8 Å². The van der Waals surface area contributed by atoms with Crippen LogP contribution in [-0.4, -0.2) is 36.7 Å². The van der Waals surface area contributed by atoms with E-state index < -0.39 is 6.10 Å². The third-order valence-corrected chi connectivity index (χ3v) is 3.48. The molecule has 6 heteroatoms. The molecule has 1 heterocycles. The molecule has 0 saturated carbocycles. The van der Waals surface area contributed by atoms with Crippen molar-refractivity contribution >= 4 is 17.5 Å². The highest BCUT2D eigenvalue weighted by Crippen LogP contribution is 2.17. The molecule has 1 unspecified atom stereocenters. The van der Waals surface area contributed by atoms with Crippen molar-refractivity contribution in [2.45, 2.75) is 33.3 Å². The molecule has 6 nitrogen and oxygen atoms in total. The minimum absolute atomic E-state index is 0.0503. The van der Waals surface area contributed by atoms with Crippen LogP contribution in [0.1, 0.15) is 31.4 Å². The summed E-state index contributed by atoms with van der Waals surface area (Å²) in [6, 6.07) is 7.89. The van der Waals surface area contributed by atoms with E-state index in [0.29, 0.717) is 18.9 Å².